The van der Waals surface area contributed by atoms with Gasteiger partial charge in [0.05, 0.1) is 32.7 Å². The maximum absolute atomic E-state index is 12.8. The first-order valence-electron chi connectivity index (χ1n) is 8.83. The highest BCUT2D eigenvalue weighted by Crippen LogP contribution is 2.29. The fourth-order valence-electron chi connectivity index (χ4n) is 2.71. The first-order chi connectivity index (χ1) is 14.0. The third-order valence-corrected chi connectivity index (χ3v) is 4.10. The molecule has 29 heavy (non-hydrogen) atoms. The van der Waals surface area contributed by atoms with Crippen LogP contribution in [0.4, 0.5) is 17.3 Å². The van der Waals surface area contributed by atoms with Crippen LogP contribution in [0.25, 0.3) is 0 Å². The second-order valence-corrected chi connectivity index (χ2v) is 6.06. The van der Waals surface area contributed by atoms with Gasteiger partial charge in [0.2, 0.25) is 5.95 Å². The van der Waals surface area contributed by atoms with Crippen molar-refractivity contribution in [1.82, 2.24) is 9.97 Å². The molecule has 3 rings (SSSR count). The molecule has 8 heteroatoms. The van der Waals surface area contributed by atoms with E-state index in [0.29, 0.717) is 34.3 Å². The third kappa shape index (κ3) is 4.73. The first kappa shape index (κ1) is 19.9. The smallest absolute Gasteiger partial charge is 0.274 e. The largest absolute Gasteiger partial charge is 0.497 e. The Morgan fingerprint density at radius 1 is 0.862 bits per heavy atom. The Labute approximate surface area is 168 Å². The van der Waals surface area contributed by atoms with Gasteiger partial charge in [0.25, 0.3) is 5.91 Å². The molecule has 3 aromatic rings. The van der Waals surface area contributed by atoms with Crippen LogP contribution in [-0.2, 0) is 0 Å². The van der Waals surface area contributed by atoms with Gasteiger partial charge in [-0.2, -0.15) is 0 Å². The predicted molar refractivity (Wildman–Crippen MR) is 111 cm³/mol. The summed E-state index contributed by atoms with van der Waals surface area (Å²) < 4.78 is 15.8. The monoisotopic (exact) mass is 394 g/mol. The molecule has 1 aromatic heterocycles. The highest BCUT2D eigenvalue weighted by atomic mass is 16.5. The molecule has 0 aliphatic heterocycles. The fourth-order valence-corrected chi connectivity index (χ4v) is 2.71. The number of rotatable bonds is 7. The summed E-state index contributed by atoms with van der Waals surface area (Å²) in [5, 5.41) is 5.90. The summed E-state index contributed by atoms with van der Waals surface area (Å²) in [6.07, 6.45) is 0. The zero-order chi connectivity index (χ0) is 20.8. The lowest BCUT2D eigenvalue weighted by Crippen LogP contribution is -2.16. The number of anilines is 3. The number of methoxy groups -OCH3 is 3. The van der Waals surface area contributed by atoms with Crippen molar-refractivity contribution >= 4 is 23.2 Å². The summed E-state index contributed by atoms with van der Waals surface area (Å²) in [4.78, 5) is 21.5. The zero-order valence-electron chi connectivity index (χ0n) is 16.6. The molecule has 0 aliphatic carbocycles. The van der Waals surface area contributed by atoms with Crippen molar-refractivity contribution in [2.75, 3.05) is 32.0 Å². The van der Waals surface area contributed by atoms with Gasteiger partial charge in [-0.25, -0.2) is 9.97 Å². The van der Waals surface area contributed by atoms with Gasteiger partial charge in [-0.3, -0.25) is 4.79 Å². The van der Waals surface area contributed by atoms with Crippen LogP contribution in [0.5, 0.6) is 17.2 Å². The van der Waals surface area contributed by atoms with Gasteiger partial charge in [-0.1, -0.05) is 12.1 Å². The molecule has 0 fully saturated rings. The molecule has 0 saturated carbocycles. The van der Waals surface area contributed by atoms with Gasteiger partial charge in [0.1, 0.15) is 22.9 Å². The highest BCUT2D eigenvalue weighted by Gasteiger charge is 2.15. The summed E-state index contributed by atoms with van der Waals surface area (Å²) in [6, 6.07) is 14.1. The van der Waals surface area contributed by atoms with E-state index < -0.39 is 5.91 Å². The SMILES string of the molecule is COc1ccc(OC)c(NC(=O)c2cc(C)nc(Nc3ccccc3OC)n2)c1. The molecule has 0 spiro atoms. The number of benzene rings is 2. The van der Waals surface area contributed by atoms with E-state index in [1.807, 2.05) is 24.3 Å². The predicted octanol–water partition coefficient (Wildman–Crippen LogP) is 3.81. The number of hydrogen-bond donors (Lipinski definition) is 2. The molecule has 150 valence electrons. The number of carbonyl (C=O) groups excluding carboxylic acids is 1. The van der Waals surface area contributed by atoms with Crippen LogP contribution in [-0.4, -0.2) is 37.2 Å². The zero-order valence-corrected chi connectivity index (χ0v) is 16.6. The van der Waals surface area contributed by atoms with Gasteiger partial charge in [0, 0.05) is 11.8 Å². The molecule has 0 saturated heterocycles. The van der Waals surface area contributed by atoms with Crippen LogP contribution in [0, 0.1) is 6.92 Å². The second kappa shape index (κ2) is 8.92. The number of carbonyl (C=O) groups is 1. The van der Waals surface area contributed by atoms with Crippen molar-refractivity contribution in [1.29, 1.82) is 0 Å². The molecular formula is C21H22N4O4. The minimum Gasteiger partial charge on any atom is -0.497 e. The first-order valence-corrected chi connectivity index (χ1v) is 8.83. The number of amides is 1. The molecule has 2 aromatic carbocycles. The molecule has 0 aliphatic rings. The lowest BCUT2D eigenvalue weighted by atomic mass is 10.2. The molecule has 0 unspecified atom stereocenters. The van der Waals surface area contributed by atoms with Crippen LogP contribution in [0.3, 0.4) is 0 Å². The number of hydrogen-bond acceptors (Lipinski definition) is 7. The van der Waals surface area contributed by atoms with Gasteiger partial charge in [-0.05, 0) is 37.3 Å². The Morgan fingerprint density at radius 2 is 1.59 bits per heavy atom. The minimum absolute atomic E-state index is 0.208. The van der Waals surface area contributed by atoms with Crippen LogP contribution >= 0.6 is 0 Å². The molecule has 0 radical (unpaired) electrons. The summed E-state index contributed by atoms with van der Waals surface area (Å²) >= 11 is 0. The normalized spacial score (nSPS) is 10.2. The third-order valence-electron chi connectivity index (χ3n) is 4.10. The Hall–Kier alpha value is -3.81. The molecule has 2 N–H and O–H groups in total. The Balaban J connectivity index is 1.87. The molecule has 8 nitrogen and oxygen atoms in total. The van der Waals surface area contributed by atoms with Gasteiger partial charge >= 0.3 is 0 Å². The quantitative estimate of drug-likeness (QED) is 0.629. The highest BCUT2D eigenvalue weighted by molar-refractivity contribution is 6.04. The number of aryl methyl sites for hydroxylation is 1. The Bertz CT molecular complexity index is 1020. The number of para-hydroxylation sites is 2. The molecule has 1 amide bonds. The average Bonchev–Trinajstić information content (AvgIpc) is 2.73. The van der Waals surface area contributed by atoms with Crippen molar-refractivity contribution < 1.29 is 19.0 Å². The minimum atomic E-state index is -0.398. The topological polar surface area (TPSA) is 94.6 Å². The van der Waals surface area contributed by atoms with E-state index in [1.165, 1.54) is 7.11 Å². The van der Waals surface area contributed by atoms with Crippen molar-refractivity contribution in [3.05, 3.63) is 59.9 Å². The van der Waals surface area contributed by atoms with E-state index in [-0.39, 0.29) is 11.6 Å². The summed E-state index contributed by atoms with van der Waals surface area (Å²) in [5.41, 5.74) is 2.02. The van der Waals surface area contributed by atoms with Crippen LogP contribution in [0.1, 0.15) is 16.2 Å². The Morgan fingerprint density at radius 3 is 2.31 bits per heavy atom. The van der Waals surface area contributed by atoms with E-state index in [9.17, 15) is 4.79 Å². The number of nitrogens with zero attached hydrogens (tertiary/aromatic N) is 2. The van der Waals surface area contributed by atoms with Crippen molar-refractivity contribution in [3.8, 4) is 17.2 Å². The van der Waals surface area contributed by atoms with E-state index >= 15 is 0 Å². The Kier molecular flexibility index (Phi) is 6.13. The average molecular weight is 394 g/mol. The van der Waals surface area contributed by atoms with E-state index in [0.717, 1.165) is 0 Å². The van der Waals surface area contributed by atoms with Crippen LogP contribution in [0.2, 0.25) is 0 Å². The lowest BCUT2D eigenvalue weighted by molar-refractivity contribution is 0.102. The van der Waals surface area contributed by atoms with Crippen molar-refractivity contribution in [2.24, 2.45) is 0 Å². The number of nitrogens with one attached hydrogen (secondary N) is 2. The second-order valence-electron chi connectivity index (χ2n) is 6.06. The summed E-state index contributed by atoms with van der Waals surface area (Å²) in [5.74, 6) is 1.64. The molecule has 1 heterocycles. The standard InChI is InChI=1S/C21H22N4O4/c1-13-11-17(20(26)23-16-12-14(27-2)9-10-19(16)29-4)25-21(22-13)24-15-7-5-6-8-18(15)28-3/h5-12H,1-4H3,(H,23,26)(H,22,24,25). The fraction of sp³-hybridized carbons (Fsp3) is 0.190. The van der Waals surface area contributed by atoms with Crippen LogP contribution in [0.15, 0.2) is 48.5 Å². The van der Waals surface area contributed by atoms with E-state index in [2.05, 4.69) is 20.6 Å². The number of ether oxygens (including phenoxy) is 3. The van der Waals surface area contributed by atoms with Crippen LogP contribution < -0.4 is 24.8 Å². The molecular weight excluding hydrogens is 372 g/mol. The van der Waals surface area contributed by atoms with Crippen molar-refractivity contribution in [2.45, 2.75) is 6.92 Å². The van der Waals surface area contributed by atoms with E-state index in [1.54, 1.807) is 45.4 Å². The van der Waals surface area contributed by atoms with Gasteiger partial charge < -0.3 is 24.8 Å². The van der Waals surface area contributed by atoms with Gasteiger partial charge in [0.15, 0.2) is 0 Å². The molecule has 0 bridgehead atoms. The summed E-state index contributed by atoms with van der Waals surface area (Å²) in [7, 11) is 4.66. The van der Waals surface area contributed by atoms with E-state index in [4.69, 9.17) is 14.2 Å². The van der Waals surface area contributed by atoms with Crippen molar-refractivity contribution in [3.63, 3.8) is 0 Å². The maximum Gasteiger partial charge on any atom is 0.274 e. The summed E-state index contributed by atoms with van der Waals surface area (Å²) in [6.45, 7) is 1.79. The number of aromatic nitrogens is 2. The lowest BCUT2D eigenvalue weighted by Gasteiger charge is -2.13. The molecule has 0 atom stereocenters. The maximum atomic E-state index is 12.8. The van der Waals surface area contributed by atoms with Gasteiger partial charge in [-0.15, -0.1) is 0 Å².